The number of carbonyl (C=O) groups is 1. The Morgan fingerprint density at radius 2 is 2.27 bits per heavy atom. The third-order valence-electron chi connectivity index (χ3n) is 3.76. The molecule has 1 aliphatic rings. The van der Waals surface area contributed by atoms with Gasteiger partial charge in [-0.1, -0.05) is 0 Å². The number of amides is 1. The lowest BCUT2D eigenvalue weighted by Crippen LogP contribution is -2.44. The maximum Gasteiger partial charge on any atom is 0.407 e. The van der Waals surface area contributed by atoms with Crippen LogP contribution in [-0.2, 0) is 11.3 Å². The van der Waals surface area contributed by atoms with Gasteiger partial charge in [0.1, 0.15) is 11.4 Å². The van der Waals surface area contributed by atoms with E-state index in [0.29, 0.717) is 24.7 Å². The van der Waals surface area contributed by atoms with Gasteiger partial charge in [-0.05, 0) is 46.2 Å². The van der Waals surface area contributed by atoms with E-state index in [9.17, 15) is 9.18 Å². The summed E-state index contributed by atoms with van der Waals surface area (Å²) in [6.07, 6.45) is 1.93. The van der Waals surface area contributed by atoms with Gasteiger partial charge in [0, 0.05) is 25.8 Å². The Labute approximate surface area is 154 Å². The maximum absolute atomic E-state index is 13.7. The summed E-state index contributed by atoms with van der Waals surface area (Å²) in [5.74, 6) is 0.323. The average Bonchev–Trinajstić information content (AvgIpc) is 2.99. The average molecular weight is 365 g/mol. The highest BCUT2D eigenvalue weighted by Crippen LogP contribution is 2.13. The minimum Gasteiger partial charge on any atom is -0.444 e. The van der Waals surface area contributed by atoms with Crippen molar-refractivity contribution >= 4 is 12.1 Å². The zero-order valence-electron chi connectivity index (χ0n) is 15.9. The van der Waals surface area contributed by atoms with Gasteiger partial charge in [-0.3, -0.25) is 4.98 Å². The number of alkyl carbamates (subject to hydrolysis) is 1. The number of aromatic nitrogens is 1. The second-order valence-electron chi connectivity index (χ2n) is 7.18. The van der Waals surface area contributed by atoms with Gasteiger partial charge in [0.25, 0.3) is 0 Å². The number of nitrogens with one attached hydrogen (secondary N) is 2. The second-order valence-corrected chi connectivity index (χ2v) is 7.18. The van der Waals surface area contributed by atoms with E-state index in [1.54, 1.807) is 12.3 Å². The van der Waals surface area contributed by atoms with Crippen molar-refractivity contribution in [2.75, 3.05) is 19.6 Å². The smallest absolute Gasteiger partial charge is 0.407 e. The van der Waals surface area contributed by atoms with Crippen LogP contribution in [0.2, 0.25) is 0 Å². The standard InChI is InChI=1S/C18H28FN5O2/c1-5-20-16(22-11-15-14(19)7-6-9-21-15)24-10-8-13(12-24)23-17(25)26-18(2,3)4/h6-7,9,13H,5,8,10-12H2,1-4H3,(H,20,22)(H,23,25)/t13-/m1/s1. The molecule has 0 spiro atoms. The predicted molar refractivity (Wildman–Crippen MR) is 98.4 cm³/mol. The first-order valence-corrected chi connectivity index (χ1v) is 8.90. The van der Waals surface area contributed by atoms with E-state index in [0.717, 1.165) is 13.0 Å². The van der Waals surface area contributed by atoms with Crippen molar-refractivity contribution in [3.63, 3.8) is 0 Å². The predicted octanol–water partition coefficient (Wildman–Crippen LogP) is 2.29. The number of likely N-dealkylation sites (tertiary alicyclic amines) is 1. The SMILES string of the molecule is CCNC(=NCc1ncccc1F)N1CC[C@@H](NC(=O)OC(C)(C)C)C1. The van der Waals surface area contributed by atoms with Crippen LogP contribution in [0.3, 0.4) is 0 Å². The van der Waals surface area contributed by atoms with Crippen molar-refractivity contribution in [1.82, 2.24) is 20.5 Å². The van der Waals surface area contributed by atoms with Crippen LogP contribution in [0.1, 0.15) is 39.8 Å². The molecule has 1 aromatic heterocycles. The van der Waals surface area contributed by atoms with Gasteiger partial charge >= 0.3 is 6.09 Å². The highest BCUT2D eigenvalue weighted by Gasteiger charge is 2.27. The minimum absolute atomic E-state index is 0.0136. The lowest BCUT2D eigenvalue weighted by molar-refractivity contribution is 0.0507. The molecule has 2 rings (SSSR count). The van der Waals surface area contributed by atoms with Crippen molar-refractivity contribution in [3.05, 3.63) is 29.8 Å². The fourth-order valence-corrected chi connectivity index (χ4v) is 2.65. The number of rotatable bonds is 4. The van der Waals surface area contributed by atoms with Gasteiger partial charge in [0.15, 0.2) is 5.96 Å². The molecular weight excluding hydrogens is 337 g/mol. The van der Waals surface area contributed by atoms with E-state index in [4.69, 9.17) is 4.74 Å². The highest BCUT2D eigenvalue weighted by molar-refractivity contribution is 5.80. The number of nitrogens with zero attached hydrogens (tertiary/aromatic N) is 3. The number of carbonyl (C=O) groups excluding carboxylic acids is 1. The molecule has 0 aliphatic carbocycles. The molecule has 0 bridgehead atoms. The van der Waals surface area contributed by atoms with Crippen molar-refractivity contribution in [1.29, 1.82) is 0 Å². The van der Waals surface area contributed by atoms with E-state index in [1.807, 2.05) is 32.6 Å². The van der Waals surface area contributed by atoms with Crippen LogP contribution in [-0.4, -0.2) is 53.2 Å². The molecule has 0 saturated carbocycles. The Morgan fingerprint density at radius 3 is 2.92 bits per heavy atom. The summed E-state index contributed by atoms with van der Waals surface area (Å²) >= 11 is 0. The van der Waals surface area contributed by atoms with E-state index < -0.39 is 11.7 Å². The monoisotopic (exact) mass is 365 g/mol. The van der Waals surface area contributed by atoms with Gasteiger partial charge in [-0.15, -0.1) is 0 Å². The zero-order valence-corrected chi connectivity index (χ0v) is 15.9. The molecule has 0 radical (unpaired) electrons. The summed E-state index contributed by atoms with van der Waals surface area (Å²) in [4.78, 5) is 22.5. The number of halogens is 1. The van der Waals surface area contributed by atoms with Crippen molar-refractivity contribution < 1.29 is 13.9 Å². The Morgan fingerprint density at radius 1 is 1.50 bits per heavy atom. The molecule has 1 amide bonds. The van der Waals surface area contributed by atoms with Gasteiger partial charge in [-0.2, -0.15) is 0 Å². The van der Waals surface area contributed by atoms with Crippen molar-refractivity contribution in [2.45, 2.75) is 52.3 Å². The fraction of sp³-hybridized carbons (Fsp3) is 0.611. The van der Waals surface area contributed by atoms with Gasteiger partial charge < -0.3 is 20.3 Å². The lowest BCUT2D eigenvalue weighted by atomic mass is 10.2. The quantitative estimate of drug-likeness (QED) is 0.632. The molecule has 1 saturated heterocycles. The Bertz CT molecular complexity index is 645. The molecule has 8 heteroatoms. The molecule has 2 N–H and O–H groups in total. The maximum atomic E-state index is 13.7. The van der Waals surface area contributed by atoms with Crippen LogP contribution in [0.15, 0.2) is 23.3 Å². The lowest BCUT2D eigenvalue weighted by Gasteiger charge is -2.23. The minimum atomic E-state index is -0.522. The number of aliphatic imine (C=N–C) groups is 1. The summed E-state index contributed by atoms with van der Waals surface area (Å²) in [6, 6.07) is 2.92. The van der Waals surface area contributed by atoms with Crippen LogP contribution >= 0.6 is 0 Å². The summed E-state index contributed by atoms with van der Waals surface area (Å²) in [5, 5.41) is 6.10. The highest BCUT2D eigenvalue weighted by atomic mass is 19.1. The van der Waals surface area contributed by atoms with Crippen LogP contribution in [0.25, 0.3) is 0 Å². The van der Waals surface area contributed by atoms with E-state index in [1.165, 1.54) is 6.07 Å². The van der Waals surface area contributed by atoms with Gasteiger partial charge in [-0.25, -0.2) is 14.2 Å². The van der Waals surface area contributed by atoms with E-state index in [-0.39, 0.29) is 18.4 Å². The second kappa shape index (κ2) is 8.82. The molecule has 1 fully saturated rings. The third kappa shape index (κ3) is 6.16. The first kappa shape index (κ1) is 19.9. The zero-order chi connectivity index (χ0) is 19.2. The number of guanidine groups is 1. The number of pyridine rings is 1. The normalized spacial score (nSPS) is 18.0. The Balaban J connectivity index is 1.95. The van der Waals surface area contributed by atoms with Crippen LogP contribution < -0.4 is 10.6 Å². The molecular formula is C18H28FN5O2. The van der Waals surface area contributed by atoms with E-state index >= 15 is 0 Å². The molecule has 0 aromatic carbocycles. The summed E-state index contributed by atoms with van der Waals surface area (Å²) in [5.41, 5.74) is -0.212. The Hall–Kier alpha value is -2.38. The number of hydrogen-bond donors (Lipinski definition) is 2. The summed E-state index contributed by atoms with van der Waals surface area (Å²) in [6.45, 7) is 9.71. The van der Waals surface area contributed by atoms with E-state index in [2.05, 4.69) is 20.6 Å². The molecule has 1 atom stereocenters. The summed E-state index contributed by atoms with van der Waals surface area (Å²) in [7, 11) is 0. The molecule has 1 aliphatic heterocycles. The molecule has 26 heavy (non-hydrogen) atoms. The van der Waals surface area contributed by atoms with Crippen molar-refractivity contribution in [3.8, 4) is 0 Å². The summed E-state index contributed by atoms with van der Waals surface area (Å²) < 4.78 is 19.0. The first-order valence-electron chi connectivity index (χ1n) is 8.90. The number of ether oxygens (including phenoxy) is 1. The largest absolute Gasteiger partial charge is 0.444 e. The van der Waals surface area contributed by atoms with Crippen molar-refractivity contribution in [2.24, 2.45) is 4.99 Å². The third-order valence-corrected chi connectivity index (χ3v) is 3.76. The van der Waals surface area contributed by atoms with Gasteiger partial charge in [0.2, 0.25) is 0 Å². The molecule has 7 nitrogen and oxygen atoms in total. The van der Waals surface area contributed by atoms with Crippen LogP contribution in [0.4, 0.5) is 9.18 Å². The molecule has 2 heterocycles. The Kier molecular flexibility index (Phi) is 6.76. The fourth-order valence-electron chi connectivity index (χ4n) is 2.65. The van der Waals surface area contributed by atoms with Crippen LogP contribution in [0, 0.1) is 5.82 Å². The number of hydrogen-bond acceptors (Lipinski definition) is 4. The first-order chi connectivity index (χ1) is 12.3. The van der Waals surface area contributed by atoms with Crippen LogP contribution in [0.5, 0.6) is 0 Å². The topological polar surface area (TPSA) is 78.9 Å². The molecule has 144 valence electrons. The van der Waals surface area contributed by atoms with Gasteiger partial charge in [0.05, 0.1) is 18.3 Å². The molecule has 0 unspecified atom stereocenters. The molecule has 1 aromatic rings.